The monoisotopic (exact) mass is 510 g/mol. The predicted octanol–water partition coefficient (Wildman–Crippen LogP) is 2.93. The molecule has 2 saturated heterocycles. The van der Waals surface area contributed by atoms with E-state index in [-0.39, 0.29) is 29.0 Å². The molecule has 0 N–H and O–H groups in total. The van der Waals surface area contributed by atoms with Crippen molar-refractivity contribution in [2.45, 2.75) is 25.7 Å². The van der Waals surface area contributed by atoms with E-state index in [1.807, 2.05) is 9.80 Å². The number of fused-ring (bicyclic) bond motifs is 2. The molecule has 3 aromatic rings. The zero-order valence-electron chi connectivity index (χ0n) is 21.4. The summed E-state index contributed by atoms with van der Waals surface area (Å²) in [4.78, 5) is 36.9. The fraction of sp³-hybridized carbons (Fsp3) is 0.387. The largest absolute Gasteiger partial charge is 0.370 e. The first kappa shape index (κ1) is 23.4. The maximum Gasteiger partial charge on any atom is 0.257 e. The lowest BCUT2D eigenvalue weighted by Crippen LogP contribution is -2.51. The molecule has 2 aliphatic carbocycles. The fourth-order valence-corrected chi connectivity index (χ4v) is 6.41. The van der Waals surface area contributed by atoms with Gasteiger partial charge in [0.25, 0.3) is 5.91 Å². The van der Waals surface area contributed by atoms with E-state index in [9.17, 15) is 14.0 Å². The lowest BCUT2D eigenvalue weighted by Gasteiger charge is -2.40. The Morgan fingerprint density at radius 2 is 1.53 bits per heavy atom. The minimum Gasteiger partial charge on any atom is -0.370 e. The number of anilines is 1. The van der Waals surface area contributed by atoms with Crippen LogP contribution in [-0.2, 0) is 4.79 Å². The van der Waals surface area contributed by atoms with Gasteiger partial charge in [-0.3, -0.25) is 14.6 Å². The molecule has 7 heteroatoms. The number of benzene rings is 2. The summed E-state index contributed by atoms with van der Waals surface area (Å²) in [6.45, 7) is 3.66. The Balaban J connectivity index is 1.18. The molecule has 2 aliphatic heterocycles. The maximum absolute atomic E-state index is 14.5. The SMILES string of the molecule is O=C(c1cnc2ccc(F)cc2c1N1CCC2(C=c3ccccc3=C2)CC1)N1CCN(C(=O)C2CC2)CC1. The molecule has 1 aromatic heterocycles. The first-order valence-corrected chi connectivity index (χ1v) is 13.7. The first-order chi connectivity index (χ1) is 18.5. The second kappa shape index (κ2) is 8.93. The highest BCUT2D eigenvalue weighted by atomic mass is 19.1. The van der Waals surface area contributed by atoms with Crippen molar-refractivity contribution in [1.29, 1.82) is 0 Å². The second-order valence-corrected chi connectivity index (χ2v) is 11.2. The summed E-state index contributed by atoms with van der Waals surface area (Å²) in [5, 5.41) is 3.25. The number of amides is 2. The van der Waals surface area contributed by atoms with Gasteiger partial charge in [0, 0.05) is 62.2 Å². The van der Waals surface area contributed by atoms with Gasteiger partial charge in [-0.05, 0) is 54.3 Å². The molecule has 0 bridgehead atoms. The number of carbonyl (C=O) groups is 2. The van der Waals surface area contributed by atoms with E-state index in [1.165, 1.54) is 22.6 Å². The van der Waals surface area contributed by atoms with Crippen molar-refractivity contribution in [1.82, 2.24) is 14.8 Å². The lowest BCUT2D eigenvalue weighted by atomic mass is 9.79. The number of pyridine rings is 1. The summed E-state index contributed by atoms with van der Waals surface area (Å²) in [7, 11) is 0. The zero-order valence-corrected chi connectivity index (χ0v) is 21.4. The van der Waals surface area contributed by atoms with Crippen LogP contribution in [0.3, 0.4) is 0 Å². The van der Waals surface area contributed by atoms with Gasteiger partial charge in [0.2, 0.25) is 5.91 Å². The normalized spacial score (nSPS) is 20.3. The molecule has 3 heterocycles. The number of aromatic nitrogens is 1. The van der Waals surface area contributed by atoms with Gasteiger partial charge in [-0.15, -0.1) is 0 Å². The molecule has 2 aromatic carbocycles. The minimum atomic E-state index is -0.334. The molecular formula is C31H31FN4O2. The Kier molecular flexibility index (Phi) is 5.49. The van der Waals surface area contributed by atoms with Gasteiger partial charge < -0.3 is 14.7 Å². The van der Waals surface area contributed by atoms with Gasteiger partial charge >= 0.3 is 0 Å². The molecule has 4 aliphatic rings. The minimum absolute atomic E-state index is 0.0167. The Hall–Kier alpha value is -3.74. The molecule has 194 valence electrons. The third-order valence-electron chi connectivity index (χ3n) is 8.73. The van der Waals surface area contributed by atoms with Gasteiger partial charge in [0.15, 0.2) is 0 Å². The van der Waals surface area contributed by atoms with Crippen LogP contribution < -0.4 is 15.3 Å². The number of carbonyl (C=O) groups excluding carboxylic acids is 2. The number of hydrogen-bond acceptors (Lipinski definition) is 4. The fourth-order valence-electron chi connectivity index (χ4n) is 6.41. The van der Waals surface area contributed by atoms with E-state index in [2.05, 4.69) is 46.3 Å². The van der Waals surface area contributed by atoms with Gasteiger partial charge in [0.05, 0.1) is 16.8 Å². The Labute approximate surface area is 221 Å². The summed E-state index contributed by atoms with van der Waals surface area (Å²) in [6.07, 6.45) is 10.3. The quantitative estimate of drug-likeness (QED) is 0.544. The van der Waals surface area contributed by atoms with E-state index in [0.717, 1.165) is 44.5 Å². The summed E-state index contributed by atoms with van der Waals surface area (Å²) in [5.74, 6) is -0.0128. The highest BCUT2D eigenvalue weighted by molar-refractivity contribution is 6.07. The van der Waals surface area contributed by atoms with Crippen LogP contribution >= 0.6 is 0 Å². The Bertz CT molecular complexity index is 1530. The number of piperidine rings is 1. The number of halogens is 1. The topological polar surface area (TPSA) is 56.8 Å². The third-order valence-corrected chi connectivity index (χ3v) is 8.73. The van der Waals surface area contributed by atoms with Gasteiger partial charge in [-0.2, -0.15) is 0 Å². The first-order valence-electron chi connectivity index (χ1n) is 13.7. The molecule has 7 rings (SSSR count). The third kappa shape index (κ3) is 4.05. The van der Waals surface area contributed by atoms with Crippen molar-refractivity contribution in [3.05, 3.63) is 70.5 Å². The van der Waals surface area contributed by atoms with Crippen molar-refractivity contribution in [2.24, 2.45) is 11.3 Å². The van der Waals surface area contributed by atoms with Crippen molar-refractivity contribution in [3.8, 4) is 0 Å². The van der Waals surface area contributed by atoms with Crippen molar-refractivity contribution in [2.75, 3.05) is 44.2 Å². The van der Waals surface area contributed by atoms with Gasteiger partial charge in [-0.25, -0.2) is 4.39 Å². The number of rotatable bonds is 3. The highest BCUT2D eigenvalue weighted by Gasteiger charge is 2.37. The zero-order chi connectivity index (χ0) is 25.9. The van der Waals surface area contributed by atoms with E-state index in [0.29, 0.717) is 42.6 Å². The van der Waals surface area contributed by atoms with Crippen molar-refractivity contribution >= 4 is 40.6 Å². The van der Waals surface area contributed by atoms with E-state index in [4.69, 9.17) is 0 Å². The lowest BCUT2D eigenvalue weighted by molar-refractivity contribution is -0.134. The average molecular weight is 511 g/mol. The maximum atomic E-state index is 14.5. The van der Waals surface area contributed by atoms with Crippen LogP contribution in [0, 0.1) is 17.2 Å². The van der Waals surface area contributed by atoms with Crippen LogP contribution in [-0.4, -0.2) is 65.9 Å². The van der Waals surface area contributed by atoms with Crippen LogP contribution in [0.15, 0.2) is 48.7 Å². The van der Waals surface area contributed by atoms with Gasteiger partial charge in [-0.1, -0.05) is 36.4 Å². The Morgan fingerprint density at radius 1 is 0.868 bits per heavy atom. The van der Waals surface area contributed by atoms with Crippen molar-refractivity contribution < 1.29 is 14.0 Å². The summed E-state index contributed by atoms with van der Waals surface area (Å²) in [5.41, 5.74) is 2.00. The Morgan fingerprint density at radius 3 is 2.18 bits per heavy atom. The molecular weight excluding hydrogens is 479 g/mol. The van der Waals surface area contributed by atoms with E-state index in [1.54, 1.807) is 12.3 Å². The van der Waals surface area contributed by atoms with E-state index >= 15 is 0 Å². The molecule has 0 unspecified atom stereocenters. The van der Waals surface area contributed by atoms with Crippen molar-refractivity contribution in [3.63, 3.8) is 0 Å². The molecule has 1 saturated carbocycles. The molecule has 0 radical (unpaired) electrons. The molecule has 6 nitrogen and oxygen atoms in total. The average Bonchev–Trinajstić information content (AvgIpc) is 3.73. The molecule has 0 atom stereocenters. The molecule has 1 spiro atoms. The predicted molar refractivity (Wildman–Crippen MR) is 145 cm³/mol. The van der Waals surface area contributed by atoms with Crippen LogP contribution in [0.25, 0.3) is 23.1 Å². The smallest absolute Gasteiger partial charge is 0.257 e. The highest BCUT2D eigenvalue weighted by Crippen LogP contribution is 2.40. The summed E-state index contributed by atoms with van der Waals surface area (Å²) < 4.78 is 14.5. The molecule has 3 fully saturated rings. The summed E-state index contributed by atoms with van der Waals surface area (Å²) in [6, 6.07) is 13.1. The van der Waals surface area contributed by atoms with Crippen LogP contribution in [0.4, 0.5) is 10.1 Å². The van der Waals surface area contributed by atoms with Crippen LogP contribution in [0.1, 0.15) is 36.0 Å². The molecule has 38 heavy (non-hydrogen) atoms. The van der Waals surface area contributed by atoms with Crippen LogP contribution in [0.5, 0.6) is 0 Å². The number of piperazine rings is 1. The van der Waals surface area contributed by atoms with Crippen LogP contribution in [0.2, 0.25) is 0 Å². The number of nitrogens with zero attached hydrogens (tertiary/aromatic N) is 4. The second-order valence-electron chi connectivity index (χ2n) is 11.2. The van der Waals surface area contributed by atoms with Gasteiger partial charge in [0.1, 0.15) is 5.82 Å². The standard InChI is InChI=1S/C31H31FN4O2/c32-24-7-8-27-25(17-24)28(34-11-9-31(10-12-34)18-22-3-1-2-4-23(22)19-31)26(20-33-27)30(38)36-15-13-35(14-16-36)29(37)21-5-6-21/h1-4,7-8,17-21H,5-6,9-16H2. The summed E-state index contributed by atoms with van der Waals surface area (Å²) >= 11 is 0. The molecule has 2 amide bonds. The van der Waals surface area contributed by atoms with E-state index < -0.39 is 0 Å². The number of hydrogen-bond donors (Lipinski definition) is 0.